The molecule has 1 aliphatic carbocycles. The first-order valence-corrected chi connectivity index (χ1v) is 7.58. The van der Waals surface area contributed by atoms with Crippen molar-refractivity contribution in [2.45, 2.75) is 31.9 Å². The van der Waals surface area contributed by atoms with Crippen molar-refractivity contribution in [3.63, 3.8) is 0 Å². The van der Waals surface area contributed by atoms with Crippen molar-refractivity contribution in [1.29, 1.82) is 0 Å². The lowest BCUT2D eigenvalue weighted by molar-refractivity contribution is 0.0512. The monoisotopic (exact) mass is 269 g/mol. The van der Waals surface area contributed by atoms with E-state index in [1.54, 1.807) is 0 Å². The zero-order chi connectivity index (χ0) is 13.9. The summed E-state index contributed by atoms with van der Waals surface area (Å²) in [5.41, 5.74) is 1.34. The van der Waals surface area contributed by atoms with Gasteiger partial charge in [0.15, 0.2) is 0 Å². The van der Waals surface area contributed by atoms with Crippen LogP contribution < -0.4 is 5.32 Å². The number of hydrogen-bond donors (Lipinski definition) is 1. The summed E-state index contributed by atoms with van der Waals surface area (Å²) in [6.45, 7) is 3.12. The fraction of sp³-hybridized carbons (Fsp3) is 0.444. The molecule has 0 bridgehead atoms. The number of fused-ring (bicyclic) bond motifs is 1. The third-order valence-corrected chi connectivity index (χ3v) is 4.24. The smallest absolute Gasteiger partial charge is 0.0794 e. The molecule has 1 saturated carbocycles. The fourth-order valence-electron chi connectivity index (χ4n) is 3.07. The molecule has 0 radical (unpaired) electrons. The number of methoxy groups -OCH3 is 1. The van der Waals surface area contributed by atoms with Crippen molar-refractivity contribution in [3.05, 3.63) is 48.0 Å². The number of hydrogen-bond acceptors (Lipinski definition) is 2. The Morgan fingerprint density at radius 2 is 1.90 bits per heavy atom. The van der Waals surface area contributed by atoms with Gasteiger partial charge in [0, 0.05) is 7.11 Å². The fourth-order valence-corrected chi connectivity index (χ4v) is 3.07. The lowest BCUT2D eigenvalue weighted by Crippen LogP contribution is -2.34. The Bertz CT molecular complexity index is 576. The van der Waals surface area contributed by atoms with Gasteiger partial charge < -0.3 is 10.1 Å². The molecule has 0 heterocycles. The molecule has 1 aliphatic rings. The maximum atomic E-state index is 5.79. The quantitative estimate of drug-likeness (QED) is 0.858. The Labute approximate surface area is 121 Å². The van der Waals surface area contributed by atoms with Crippen molar-refractivity contribution >= 4 is 10.8 Å². The first-order valence-electron chi connectivity index (χ1n) is 7.58. The number of likely N-dealkylation sites (N-methyl/N-ethyl adjacent to an activating group) is 1. The molecule has 20 heavy (non-hydrogen) atoms. The maximum absolute atomic E-state index is 5.79. The first-order chi connectivity index (χ1) is 9.83. The molecule has 2 heteroatoms. The van der Waals surface area contributed by atoms with Crippen LogP contribution in [0.2, 0.25) is 0 Å². The van der Waals surface area contributed by atoms with E-state index in [1.807, 2.05) is 7.11 Å². The van der Waals surface area contributed by atoms with Crippen molar-refractivity contribution in [2.75, 3.05) is 13.7 Å². The van der Waals surface area contributed by atoms with E-state index >= 15 is 0 Å². The molecule has 3 rings (SSSR count). The van der Waals surface area contributed by atoms with E-state index in [0.29, 0.717) is 6.04 Å². The zero-order valence-corrected chi connectivity index (χ0v) is 12.3. The minimum Gasteiger partial charge on any atom is -0.379 e. The largest absolute Gasteiger partial charge is 0.379 e. The molecule has 2 nitrogen and oxygen atoms in total. The van der Waals surface area contributed by atoms with E-state index in [9.17, 15) is 0 Å². The Kier molecular flexibility index (Phi) is 4.04. The molecule has 2 aromatic carbocycles. The summed E-state index contributed by atoms with van der Waals surface area (Å²) in [4.78, 5) is 0. The Hall–Kier alpha value is -1.38. The minimum absolute atomic E-state index is 0.288. The molecule has 2 aromatic rings. The third-order valence-electron chi connectivity index (χ3n) is 4.24. The van der Waals surface area contributed by atoms with Gasteiger partial charge in [-0.05, 0) is 47.7 Å². The highest BCUT2D eigenvalue weighted by Gasteiger charge is 2.37. The van der Waals surface area contributed by atoms with Gasteiger partial charge in [-0.2, -0.15) is 0 Å². The van der Waals surface area contributed by atoms with Crippen molar-refractivity contribution in [2.24, 2.45) is 5.92 Å². The molecule has 0 amide bonds. The highest BCUT2D eigenvalue weighted by atomic mass is 16.5. The van der Waals surface area contributed by atoms with E-state index < -0.39 is 0 Å². The summed E-state index contributed by atoms with van der Waals surface area (Å²) in [6.07, 6.45) is 2.89. The molecule has 0 aliphatic heterocycles. The maximum Gasteiger partial charge on any atom is 0.0794 e. The van der Waals surface area contributed by atoms with E-state index in [0.717, 1.165) is 12.5 Å². The topological polar surface area (TPSA) is 21.3 Å². The van der Waals surface area contributed by atoms with Crippen LogP contribution in [0, 0.1) is 5.92 Å². The van der Waals surface area contributed by atoms with Crippen LogP contribution in [0.3, 0.4) is 0 Å². The number of rotatable bonds is 6. The Morgan fingerprint density at radius 1 is 1.15 bits per heavy atom. The molecular weight excluding hydrogens is 246 g/mol. The molecule has 0 spiro atoms. The van der Waals surface area contributed by atoms with Gasteiger partial charge in [-0.25, -0.2) is 0 Å². The molecule has 0 saturated heterocycles. The van der Waals surface area contributed by atoms with E-state index in [-0.39, 0.29) is 6.10 Å². The minimum atomic E-state index is 0.288. The van der Waals surface area contributed by atoms with Crippen LogP contribution in [0.5, 0.6) is 0 Å². The highest BCUT2D eigenvalue weighted by Crippen LogP contribution is 2.40. The van der Waals surface area contributed by atoms with Crippen molar-refractivity contribution < 1.29 is 4.74 Å². The summed E-state index contributed by atoms with van der Waals surface area (Å²) >= 11 is 0. The van der Waals surface area contributed by atoms with Gasteiger partial charge in [-0.15, -0.1) is 0 Å². The third kappa shape index (κ3) is 2.72. The standard InChI is InChI=1S/C18H23NO/c1-3-19-17(18(20-2)14-9-10-14)16-11-8-13-6-4-5-7-15(13)12-16/h4-8,11-12,14,17-19H,3,9-10H2,1-2H3. The molecular formula is C18H23NO. The molecule has 1 N–H and O–H groups in total. The van der Waals surface area contributed by atoms with Crippen LogP contribution >= 0.6 is 0 Å². The molecule has 2 unspecified atom stereocenters. The van der Waals surface area contributed by atoms with Crippen LogP contribution in [-0.4, -0.2) is 19.8 Å². The van der Waals surface area contributed by atoms with Gasteiger partial charge in [0.1, 0.15) is 0 Å². The predicted molar refractivity (Wildman–Crippen MR) is 83.9 cm³/mol. The molecule has 106 valence electrons. The zero-order valence-electron chi connectivity index (χ0n) is 12.3. The summed E-state index contributed by atoms with van der Waals surface area (Å²) in [5.74, 6) is 0.718. The van der Waals surface area contributed by atoms with Crippen LogP contribution in [0.1, 0.15) is 31.4 Å². The molecule has 2 atom stereocenters. The SMILES string of the molecule is CCNC(c1ccc2ccccc2c1)C(OC)C1CC1. The van der Waals surface area contributed by atoms with Crippen molar-refractivity contribution in [3.8, 4) is 0 Å². The van der Waals surface area contributed by atoms with E-state index in [4.69, 9.17) is 4.74 Å². The van der Waals surface area contributed by atoms with Crippen LogP contribution in [0.25, 0.3) is 10.8 Å². The van der Waals surface area contributed by atoms with E-state index in [2.05, 4.69) is 54.7 Å². The number of nitrogens with one attached hydrogen (secondary N) is 1. The van der Waals surface area contributed by atoms with Gasteiger partial charge >= 0.3 is 0 Å². The second-order valence-electron chi connectivity index (χ2n) is 5.68. The summed E-state index contributed by atoms with van der Waals surface area (Å²) in [6, 6.07) is 15.6. The van der Waals surface area contributed by atoms with E-state index in [1.165, 1.54) is 29.2 Å². The van der Waals surface area contributed by atoms with Gasteiger partial charge in [0.05, 0.1) is 12.1 Å². The average Bonchev–Trinajstić information content (AvgIpc) is 3.31. The number of ether oxygens (including phenoxy) is 1. The second kappa shape index (κ2) is 5.94. The van der Waals surface area contributed by atoms with Crippen molar-refractivity contribution in [1.82, 2.24) is 5.32 Å². The number of benzene rings is 2. The van der Waals surface area contributed by atoms with Crippen LogP contribution in [-0.2, 0) is 4.74 Å². The highest BCUT2D eigenvalue weighted by molar-refractivity contribution is 5.83. The molecule has 0 aromatic heterocycles. The van der Waals surface area contributed by atoms with Gasteiger partial charge in [-0.3, -0.25) is 0 Å². The van der Waals surface area contributed by atoms with Crippen LogP contribution in [0.15, 0.2) is 42.5 Å². The summed E-state index contributed by atoms with van der Waals surface area (Å²) in [5, 5.41) is 6.21. The second-order valence-corrected chi connectivity index (χ2v) is 5.68. The summed E-state index contributed by atoms with van der Waals surface area (Å²) < 4.78 is 5.79. The predicted octanol–water partition coefficient (Wildman–Crippen LogP) is 3.92. The van der Waals surface area contributed by atoms with Gasteiger partial charge in [0.2, 0.25) is 0 Å². The molecule has 1 fully saturated rings. The first kappa shape index (κ1) is 13.6. The van der Waals surface area contributed by atoms with Gasteiger partial charge in [-0.1, -0.05) is 43.3 Å². The van der Waals surface area contributed by atoms with Crippen LogP contribution in [0.4, 0.5) is 0 Å². The lowest BCUT2D eigenvalue weighted by atomic mass is 9.95. The average molecular weight is 269 g/mol. The summed E-state index contributed by atoms with van der Waals surface area (Å²) in [7, 11) is 1.84. The normalized spacial score (nSPS) is 18.1. The lowest BCUT2D eigenvalue weighted by Gasteiger charge is -2.27. The Morgan fingerprint density at radius 3 is 2.55 bits per heavy atom. The van der Waals surface area contributed by atoms with Gasteiger partial charge in [0.25, 0.3) is 0 Å². The Balaban J connectivity index is 1.95.